The molecule has 1 aliphatic heterocycles. The summed E-state index contributed by atoms with van der Waals surface area (Å²) >= 11 is 3.80. The fourth-order valence-electron chi connectivity index (χ4n) is 3.03. The van der Waals surface area contributed by atoms with Gasteiger partial charge in [-0.25, -0.2) is 4.79 Å². The average Bonchev–Trinajstić information content (AvgIpc) is 3.18. The number of aliphatic carboxylic acids is 3. The lowest BCUT2D eigenvalue weighted by Crippen LogP contribution is -2.57. The van der Waals surface area contributed by atoms with Gasteiger partial charge in [0.25, 0.3) is 0 Å². The Labute approximate surface area is 182 Å². The van der Waals surface area contributed by atoms with Crippen molar-refractivity contribution in [1.82, 2.24) is 15.5 Å². The monoisotopic (exact) mass is 462 g/mol. The number of nitrogens with zero attached hydrogens (tertiary/aromatic N) is 1. The number of thiol groups is 1. The molecular formula is C17H26N4O9S. The minimum atomic E-state index is -1.58. The van der Waals surface area contributed by atoms with E-state index >= 15 is 0 Å². The maximum absolute atomic E-state index is 12.7. The van der Waals surface area contributed by atoms with Gasteiger partial charge in [-0.3, -0.25) is 24.0 Å². The number of carboxylic acid groups (broad SMARTS) is 3. The van der Waals surface area contributed by atoms with Crippen molar-refractivity contribution in [3.8, 4) is 0 Å². The SMILES string of the molecule is NC(CCC(=O)O)C(=O)N1CCCC1C(=O)NC(CC(=O)O)C(=O)NC(CS)C(=O)O. The third kappa shape index (κ3) is 8.05. The fourth-order valence-corrected chi connectivity index (χ4v) is 3.28. The van der Waals surface area contributed by atoms with Crippen LogP contribution in [0.4, 0.5) is 0 Å². The molecule has 3 amide bonds. The minimum Gasteiger partial charge on any atom is -0.481 e. The molecule has 4 atom stereocenters. The van der Waals surface area contributed by atoms with Crippen LogP contribution in [0.25, 0.3) is 0 Å². The lowest BCUT2D eigenvalue weighted by Gasteiger charge is -2.28. The first-order valence-corrected chi connectivity index (χ1v) is 10.0. The highest BCUT2D eigenvalue weighted by Gasteiger charge is 2.38. The largest absolute Gasteiger partial charge is 0.481 e. The van der Waals surface area contributed by atoms with Crippen molar-refractivity contribution in [2.75, 3.05) is 12.3 Å². The average molecular weight is 462 g/mol. The summed E-state index contributed by atoms with van der Waals surface area (Å²) in [7, 11) is 0. The lowest BCUT2D eigenvalue weighted by atomic mass is 10.1. The summed E-state index contributed by atoms with van der Waals surface area (Å²) in [6, 6.07) is -5.12. The van der Waals surface area contributed by atoms with Gasteiger partial charge in [0.05, 0.1) is 12.5 Å². The van der Waals surface area contributed by atoms with Gasteiger partial charge in [-0.2, -0.15) is 12.6 Å². The van der Waals surface area contributed by atoms with Crippen LogP contribution in [-0.4, -0.2) is 92.3 Å². The molecule has 1 rings (SSSR count). The van der Waals surface area contributed by atoms with E-state index in [0.717, 1.165) is 0 Å². The van der Waals surface area contributed by atoms with E-state index in [1.807, 2.05) is 0 Å². The van der Waals surface area contributed by atoms with Gasteiger partial charge in [-0.1, -0.05) is 0 Å². The normalized spacial score (nSPS) is 18.5. The summed E-state index contributed by atoms with van der Waals surface area (Å²) in [5, 5.41) is 31.1. The van der Waals surface area contributed by atoms with Crippen LogP contribution in [0.2, 0.25) is 0 Å². The second-order valence-corrected chi connectivity index (χ2v) is 7.33. The maximum atomic E-state index is 12.7. The Kier molecular flexibility index (Phi) is 10.2. The molecule has 0 aromatic carbocycles. The molecule has 0 aromatic rings. The van der Waals surface area contributed by atoms with Crippen LogP contribution in [0.5, 0.6) is 0 Å². The minimum absolute atomic E-state index is 0.122. The molecule has 4 unspecified atom stereocenters. The number of likely N-dealkylation sites (tertiary alicyclic amines) is 1. The molecule has 13 nitrogen and oxygen atoms in total. The summed E-state index contributed by atoms with van der Waals surface area (Å²) in [5.74, 6) is -6.61. The molecule has 0 spiro atoms. The molecule has 1 saturated heterocycles. The van der Waals surface area contributed by atoms with E-state index in [-0.39, 0.29) is 31.6 Å². The van der Waals surface area contributed by atoms with Gasteiger partial charge in [0.1, 0.15) is 18.1 Å². The third-order valence-corrected chi connectivity index (χ3v) is 5.00. The van der Waals surface area contributed by atoms with Gasteiger partial charge in [0.15, 0.2) is 0 Å². The van der Waals surface area contributed by atoms with Crippen LogP contribution in [0.3, 0.4) is 0 Å². The number of rotatable bonds is 12. The van der Waals surface area contributed by atoms with E-state index in [2.05, 4.69) is 23.3 Å². The standard InChI is InChI=1S/C17H26N4O9S/c18-8(3-4-12(22)23)16(28)21-5-1-2-11(21)15(27)19-9(6-13(24)25)14(26)20-10(7-31)17(29)30/h8-11,31H,1-7,18H2,(H,19,27)(H,20,26)(H,22,23)(H,24,25)(H,29,30). The predicted molar refractivity (Wildman–Crippen MR) is 107 cm³/mol. The Morgan fingerprint density at radius 2 is 1.68 bits per heavy atom. The zero-order valence-electron chi connectivity index (χ0n) is 16.5. The van der Waals surface area contributed by atoms with Crippen molar-refractivity contribution in [2.45, 2.75) is 56.3 Å². The van der Waals surface area contributed by atoms with Gasteiger partial charge in [-0.15, -0.1) is 0 Å². The first kappa shape index (κ1) is 26.2. The molecule has 1 fully saturated rings. The summed E-state index contributed by atoms with van der Waals surface area (Å²) in [4.78, 5) is 71.5. The van der Waals surface area contributed by atoms with Crippen molar-refractivity contribution < 1.29 is 44.1 Å². The Morgan fingerprint density at radius 3 is 2.19 bits per heavy atom. The van der Waals surface area contributed by atoms with Gasteiger partial charge >= 0.3 is 17.9 Å². The van der Waals surface area contributed by atoms with Crippen molar-refractivity contribution in [2.24, 2.45) is 5.73 Å². The van der Waals surface area contributed by atoms with Gasteiger partial charge in [0, 0.05) is 18.7 Å². The molecular weight excluding hydrogens is 436 g/mol. The highest BCUT2D eigenvalue weighted by Crippen LogP contribution is 2.19. The van der Waals surface area contributed by atoms with Crippen LogP contribution in [0.1, 0.15) is 32.1 Å². The van der Waals surface area contributed by atoms with Crippen LogP contribution in [0.15, 0.2) is 0 Å². The van der Waals surface area contributed by atoms with Crippen molar-refractivity contribution >= 4 is 48.3 Å². The summed E-state index contributed by atoms with van der Waals surface area (Å²) in [5.41, 5.74) is 5.73. The molecule has 0 bridgehead atoms. The Bertz CT molecular complexity index is 732. The van der Waals surface area contributed by atoms with E-state index in [1.54, 1.807) is 0 Å². The quantitative estimate of drug-likeness (QED) is 0.153. The molecule has 31 heavy (non-hydrogen) atoms. The number of carbonyl (C=O) groups excluding carboxylic acids is 3. The Balaban J connectivity index is 2.87. The number of carbonyl (C=O) groups is 6. The van der Waals surface area contributed by atoms with Gasteiger partial charge in [-0.05, 0) is 19.3 Å². The molecule has 7 N–H and O–H groups in total. The molecule has 0 aliphatic carbocycles. The lowest BCUT2D eigenvalue weighted by molar-refractivity contribution is -0.144. The first-order valence-electron chi connectivity index (χ1n) is 9.42. The Hall–Kier alpha value is -2.87. The highest BCUT2D eigenvalue weighted by molar-refractivity contribution is 7.80. The number of hydrogen-bond donors (Lipinski definition) is 7. The summed E-state index contributed by atoms with van der Waals surface area (Å²) in [6.45, 7) is 0.189. The highest BCUT2D eigenvalue weighted by atomic mass is 32.1. The van der Waals surface area contributed by atoms with Gasteiger partial charge in [0.2, 0.25) is 17.7 Å². The van der Waals surface area contributed by atoms with Crippen LogP contribution in [0, 0.1) is 0 Å². The molecule has 14 heteroatoms. The topological polar surface area (TPSA) is 216 Å². The molecule has 0 aromatic heterocycles. The summed E-state index contributed by atoms with van der Waals surface area (Å²) < 4.78 is 0. The summed E-state index contributed by atoms with van der Waals surface area (Å²) in [6.07, 6.45) is -0.571. The van der Waals surface area contributed by atoms with Crippen molar-refractivity contribution in [3.05, 3.63) is 0 Å². The zero-order valence-corrected chi connectivity index (χ0v) is 17.4. The molecule has 0 saturated carbocycles. The number of hydrogen-bond acceptors (Lipinski definition) is 8. The van der Waals surface area contributed by atoms with E-state index in [4.69, 9.17) is 21.1 Å². The van der Waals surface area contributed by atoms with E-state index in [1.165, 1.54) is 4.90 Å². The number of carboxylic acids is 3. The van der Waals surface area contributed by atoms with Crippen molar-refractivity contribution in [1.29, 1.82) is 0 Å². The third-order valence-electron chi connectivity index (χ3n) is 4.63. The van der Waals surface area contributed by atoms with Gasteiger partial charge < -0.3 is 36.6 Å². The zero-order chi connectivity index (χ0) is 23.7. The van der Waals surface area contributed by atoms with Crippen molar-refractivity contribution in [3.63, 3.8) is 0 Å². The smallest absolute Gasteiger partial charge is 0.327 e. The van der Waals surface area contributed by atoms with Crippen LogP contribution in [-0.2, 0) is 28.8 Å². The first-order chi connectivity index (χ1) is 14.5. The van der Waals surface area contributed by atoms with Crippen LogP contribution >= 0.6 is 12.6 Å². The predicted octanol–water partition coefficient (Wildman–Crippen LogP) is -2.37. The molecule has 174 valence electrons. The molecule has 1 heterocycles. The fraction of sp³-hybridized carbons (Fsp3) is 0.647. The van der Waals surface area contributed by atoms with E-state index < -0.39 is 66.2 Å². The second-order valence-electron chi connectivity index (χ2n) is 6.97. The second kappa shape index (κ2) is 12.1. The number of nitrogens with one attached hydrogen (secondary N) is 2. The van der Waals surface area contributed by atoms with E-state index in [0.29, 0.717) is 6.42 Å². The molecule has 1 aliphatic rings. The van der Waals surface area contributed by atoms with E-state index in [9.17, 15) is 28.8 Å². The van der Waals surface area contributed by atoms with Crippen LogP contribution < -0.4 is 16.4 Å². The Morgan fingerprint density at radius 1 is 1.03 bits per heavy atom. The number of amides is 3. The number of nitrogens with two attached hydrogens (primary N) is 1. The molecule has 0 radical (unpaired) electrons. The maximum Gasteiger partial charge on any atom is 0.327 e.